The second kappa shape index (κ2) is 6.78. The van der Waals surface area contributed by atoms with Crippen LogP contribution >= 0.6 is 0 Å². The molecule has 2 aromatic heterocycles. The number of rotatable bonds is 2. The lowest BCUT2D eigenvalue weighted by Crippen LogP contribution is -2.35. The molecule has 4 rings (SSSR count). The highest BCUT2D eigenvalue weighted by Gasteiger charge is 2.24. The van der Waals surface area contributed by atoms with Crippen molar-refractivity contribution >= 4 is 22.8 Å². The number of para-hydroxylation sites is 2. The van der Waals surface area contributed by atoms with Gasteiger partial charge in [0, 0.05) is 26.2 Å². The van der Waals surface area contributed by atoms with Gasteiger partial charge in [-0.05, 0) is 38.5 Å². The zero-order valence-corrected chi connectivity index (χ0v) is 15.1. The minimum Gasteiger partial charge on any atom is -0.466 e. The number of furan rings is 1. The third-order valence-electron chi connectivity index (χ3n) is 4.81. The van der Waals surface area contributed by atoms with Gasteiger partial charge in [-0.15, -0.1) is 0 Å². The van der Waals surface area contributed by atoms with Crippen LogP contribution in [0.15, 0.2) is 40.9 Å². The number of hydrogen-bond donors (Lipinski definition) is 0. The fourth-order valence-corrected chi connectivity index (χ4v) is 3.46. The van der Waals surface area contributed by atoms with Gasteiger partial charge in [0.15, 0.2) is 0 Å². The first kappa shape index (κ1) is 16.6. The molecule has 6 heteroatoms. The highest BCUT2D eigenvalue weighted by molar-refractivity contribution is 5.95. The van der Waals surface area contributed by atoms with Gasteiger partial charge in [-0.25, -0.2) is 4.98 Å². The highest BCUT2D eigenvalue weighted by Crippen LogP contribution is 2.20. The van der Waals surface area contributed by atoms with Crippen molar-refractivity contribution < 1.29 is 9.21 Å². The Labute approximate surface area is 152 Å². The molecule has 3 heterocycles. The maximum Gasteiger partial charge on any atom is 0.257 e. The molecule has 0 aliphatic carbocycles. The van der Waals surface area contributed by atoms with Crippen molar-refractivity contribution in [1.29, 1.82) is 0 Å². The monoisotopic (exact) mass is 350 g/mol. The SMILES string of the molecule is Cc1cc(C(=O)N2CCCN(c3cnc4ccccc4n3)CC2)c(C)o1. The van der Waals surface area contributed by atoms with Crippen molar-refractivity contribution in [3.05, 3.63) is 53.6 Å². The van der Waals surface area contributed by atoms with E-state index >= 15 is 0 Å². The van der Waals surface area contributed by atoms with Crippen LogP contribution in [0.5, 0.6) is 0 Å². The lowest BCUT2D eigenvalue weighted by molar-refractivity contribution is 0.0765. The summed E-state index contributed by atoms with van der Waals surface area (Å²) in [5, 5.41) is 0. The Morgan fingerprint density at radius 2 is 1.88 bits per heavy atom. The molecule has 0 radical (unpaired) electrons. The Morgan fingerprint density at radius 3 is 2.65 bits per heavy atom. The number of carbonyl (C=O) groups is 1. The van der Waals surface area contributed by atoms with Crippen LogP contribution in [0.1, 0.15) is 28.3 Å². The largest absolute Gasteiger partial charge is 0.466 e. The van der Waals surface area contributed by atoms with E-state index in [4.69, 9.17) is 9.40 Å². The summed E-state index contributed by atoms with van der Waals surface area (Å²) in [6, 6.07) is 9.70. The van der Waals surface area contributed by atoms with E-state index < -0.39 is 0 Å². The molecule has 3 aromatic rings. The van der Waals surface area contributed by atoms with E-state index in [0.29, 0.717) is 17.9 Å². The van der Waals surface area contributed by atoms with Crippen LogP contribution in [0, 0.1) is 13.8 Å². The first-order valence-corrected chi connectivity index (χ1v) is 8.95. The summed E-state index contributed by atoms with van der Waals surface area (Å²) in [5.74, 6) is 2.38. The predicted molar refractivity (Wildman–Crippen MR) is 100 cm³/mol. The molecule has 6 nitrogen and oxygen atoms in total. The van der Waals surface area contributed by atoms with Gasteiger partial charge in [0.1, 0.15) is 17.3 Å². The molecule has 1 aliphatic heterocycles. The minimum absolute atomic E-state index is 0.0470. The normalized spacial score (nSPS) is 15.3. The van der Waals surface area contributed by atoms with Crippen LogP contribution in [0.25, 0.3) is 11.0 Å². The molecule has 1 fully saturated rings. The van der Waals surface area contributed by atoms with Crippen molar-refractivity contribution in [2.24, 2.45) is 0 Å². The molecule has 1 amide bonds. The molecule has 134 valence electrons. The van der Waals surface area contributed by atoms with E-state index in [0.717, 1.165) is 48.7 Å². The average molecular weight is 350 g/mol. The standard InChI is InChI=1S/C20H22N4O2/c1-14-12-16(15(2)26-14)20(25)24-9-5-8-23(10-11-24)19-13-21-17-6-3-4-7-18(17)22-19/h3-4,6-7,12-13H,5,8-11H2,1-2H3. The molecular formula is C20H22N4O2. The number of anilines is 1. The molecule has 0 bridgehead atoms. The molecular weight excluding hydrogens is 328 g/mol. The van der Waals surface area contributed by atoms with Gasteiger partial charge >= 0.3 is 0 Å². The van der Waals surface area contributed by atoms with Crippen molar-refractivity contribution in [2.75, 3.05) is 31.1 Å². The summed E-state index contributed by atoms with van der Waals surface area (Å²) in [7, 11) is 0. The molecule has 0 spiro atoms. The number of aryl methyl sites for hydroxylation is 2. The van der Waals surface area contributed by atoms with E-state index in [1.807, 2.05) is 55.3 Å². The van der Waals surface area contributed by atoms with Crippen molar-refractivity contribution in [3.63, 3.8) is 0 Å². The summed E-state index contributed by atoms with van der Waals surface area (Å²) in [6.45, 7) is 6.72. The van der Waals surface area contributed by atoms with Crippen LogP contribution in [0.3, 0.4) is 0 Å². The molecule has 1 saturated heterocycles. The summed E-state index contributed by atoms with van der Waals surface area (Å²) in [5.41, 5.74) is 2.46. The van der Waals surface area contributed by atoms with Crippen LogP contribution in [0.4, 0.5) is 5.82 Å². The van der Waals surface area contributed by atoms with Crippen LogP contribution < -0.4 is 4.90 Å². The zero-order chi connectivity index (χ0) is 18.1. The Morgan fingerprint density at radius 1 is 1.08 bits per heavy atom. The molecule has 0 N–H and O–H groups in total. The van der Waals surface area contributed by atoms with Crippen LogP contribution in [-0.2, 0) is 0 Å². The minimum atomic E-state index is 0.0470. The topological polar surface area (TPSA) is 62.5 Å². The van der Waals surface area contributed by atoms with Gasteiger partial charge < -0.3 is 14.2 Å². The van der Waals surface area contributed by atoms with E-state index in [-0.39, 0.29) is 5.91 Å². The lowest BCUT2D eigenvalue weighted by atomic mass is 10.2. The number of aromatic nitrogens is 2. The average Bonchev–Trinajstić information content (AvgIpc) is 2.85. The van der Waals surface area contributed by atoms with E-state index in [1.54, 1.807) is 0 Å². The van der Waals surface area contributed by atoms with Gasteiger partial charge in [-0.2, -0.15) is 0 Å². The second-order valence-corrected chi connectivity index (χ2v) is 6.68. The highest BCUT2D eigenvalue weighted by atomic mass is 16.3. The van der Waals surface area contributed by atoms with Crippen LogP contribution in [0.2, 0.25) is 0 Å². The van der Waals surface area contributed by atoms with Gasteiger partial charge in [-0.3, -0.25) is 9.78 Å². The second-order valence-electron chi connectivity index (χ2n) is 6.68. The van der Waals surface area contributed by atoms with Gasteiger partial charge in [0.05, 0.1) is 22.8 Å². The number of carbonyl (C=O) groups excluding carboxylic acids is 1. The summed E-state index contributed by atoms with van der Waals surface area (Å²) < 4.78 is 5.51. The predicted octanol–water partition coefficient (Wildman–Crippen LogP) is 3.19. The number of amides is 1. The summed E-state index contributed by atoms with van der Waals surface area (Å²) >= 11 is 0. The van der Waals surface area contributed by atoms with Crippen LogP contribution in [-0.4, -0.2) is 47.0 Å². The molecule has 1 aliphatic rings. The first-order chi connectivity index (χ1) is 12.6. The Bertz CT molecular complexity index is 950. The van der Waals surface area contributed by atoms with Gasteiger partial charge in [0.25, 0.3) is 5.91 Å². The molecule has 0 unspecified atom stereocenters. The van der Waals surface area contributed by atoms with Gasteiger partial charge in [0.2, 0.25) is 0 Å². The van der Waals surface area contributed by atoms with Gasteiger partial charge in [-0.1, -0.05) is 12.1 Å². The molecule has 0 atom stereocenters. The fourth-order valence-electron chi connectivity index (χ4n) is 3.46. The van der Waals surface area contributed by atoms with E-state index in [1.165, 1.54) is 0 Å². The maximum atomic E-state index is 12.8. The number of nitrogens with zero attached hydrogens (tertiary/aromatic N) is 4. The Hall–Kier alpha value is -2.89. The first-order valence-electron chi connectivity index (χ1n) is 8.95. The third kappa shape index (κ3) is 3.14. The Kier molecular flexibility index (Phi) is 4.32. The van der Waals surface area contributed by atoms with Crippen molar-refractivity contribution in [2.45, 2.75) is 20.3 Å². The fraction of sp³-hybridized carbons (Fsp3) is 0.350. The third-order valence-corrected chi connectivity index (χ3v) is 4.81. The molecule has 26 heavy (non-hydrogen) atoms. The van der Waals surface area contributed by atoms with E-state index in [2.05, 4.69) is 9.88 Å². The zero-order valence-electron chi connectivity index (χ0n) is 15.1. The van der Waals surface area contributed by atoms with Crippen molar-refractivity contribution in [3.8, 4) is 0 Å². The quantitative estimate of drug-likeness (QED) is 0.710. The summed E-state index contributed by atoms with van der Waals surface area (Å²) in [4.78, 5) is 26.2. The smallest absolute Gasteiger partial charge is 0.257 e. The van der Waals surface area contributed by atoms with Crippen molar-refractivity contribution in [1.82, 2.24) is 14.9 Å². The van der Waals surface area contributed by atoms with E-state index in [9.17, 15) is 4.79 Å². The molecule has 0 saturated carbocycles. The maximum absolute atomic E-state index is 12.8. The number of hydrogen-bond acceptors (Lipinski definition) is 5. The summed E-state index contributed by atoms with van der Waals surface area (Å²) in [6.07, 6.45) is 2.72. The number of fused-ring (bicyclic) bond motifs is 1. The molecule has 1 aromatic carbocycles. The Balaban J connectivity index is 1.50. The number of benzene rings is 1. The lowest BCUT2D eigenvalue weighted by Gasteiger charge is -2.22.